The van der Waals surface area contributed by atoms with Gasteiger partial charge in [0.05, 0.1) is 19.3 Å². The molecule has 1 aromatic rings. The first-order valence-corrected chi connectivity index (χ1v) is 6.03. The normalized spacial score (nSPS) is 19.9. The highest BCUT2D eigenvalue weighted by Gasteiger charge is 2.28. The average molecular weight is 239 g/mol. The number of hydrogen-bond acceptors (Lipinski definition) is 4. The van der Waals surface area contributed by atoms with Gasteiger partial charge in [-0.25, -0.2) is 4.68 Å². The van der Waals surface area contributed by atoms with Gasteiger partial charge in [-0.3, -0.25) is 0 Å². The Balaban J connectivity index is 2.11. The number of aromatic nitrogens is 2. The summed E-state index contributed by atoms with van der Waals surface area (Å²) >= 11 is 0. The number of fused-ring (bicyclic) bond motifs is 1. The van der Waals surface area contributed by atoms with E-state index in [4.69, 9.17) is 15.2 Å². The quantitative estimate of drug-likeness (QED) is 0.852. The third kappa shape index (κ3) is 2.61. The highest BCUT2D eigenvalue weighted by molar-refractivity contribution is 5.32. The molecule has 1 aliphatic heterocycles. The fourth-order valence-corrected chi connectivity index (χ4v) is 1.92. The van der Waals surface area contributed by atoms with Crippen LogP contribution in [0.15, 0.2) is 6.20 Å². The molecule has 5 nitrogen and oxygen atoms in total. The molecule has 0 spiro atoms. The summed E-state index contributed by atoms with van der Waals surface area (Å²) in [7, 11) is 0. The topological polar surface area (TPSA) is 62.3 Å². The maximum absolute atomic E-state index is 5.77. The van der Waals surface area contributed by atoms with Crippen LogP contribution in [0, 0.1) is 0 Å². The molecule has 1 aliphatic rings. The Bertz CT molecular complexity index is 382. The van der Waals surface area contributed by atoms with Crippen molar-refractivity contribution in [2.24, 2.45) is 5.73 Å². The summed E-state index contributed by atoms with van der Waals surface area (Å²) in [6.07, 6.45) is 1.94. The summed E-state index contributed by atoms with van der Waals surface area (Å²) in [4.78, 5) is 0. The lowest BCUT2D eigenvalue weighted by atomic mass is 9.89. The first-order chi connectivity index (χ1) is 8.02. The first-order valence-electron chi connectivity index (χ1n) is 6.03. The summed E-state index contributed by atoms with van der Waals surface area (Å²) in [5.41, 5.74) is 6.62. The molecule has 5 heteroatoms. The van der Waals surface area contributed by atoms with Crippen LogP contribution in [0.4, 0.5) is 0 Å². The first kappa shape index (κ1) is 12.4. The van der Waals surface area contributed by atoms with Gasteiger partial charge in [0.25, 0.3) is 0 Å². The minimum absolute atomic E-state index is 0.0541. The lowest BCUT2D eigenvalue weighted by Gasteiger charge is -2.27. The highest BCUT2D eigenvalue weighted by Crippen LogP contribution is 2.33. The molecule has 0 aromatic carbocycles. The van der Waals surface area contributed by atoms with Crippen molar-refractivity contribution in [3.63, 3.8) is 0 Å². The number of nitrogens with zero attached hydrogens (tertiary/aromatic N) is 2. The van der Waals surface area contributed by atoms with E-state index in [0.717, 1.165) is 18.0 Å². The Hall–Kier alpha value is -1.07. The Morgan fingerprint density at radius 1 is 1.59 bits per heavy atom. The average Bonchev–Trinajstić information content (AvgIpc) is 2.68. The summed E-state index contributed by atoms with van der Waals surface area (Å²) in [6, 6.07) is 0. The van der Waals surface area contributed by atoms with E-state index in [9.17, 15) is 0 Å². The van der Waals surface area contributed by atoms with Gasteiger partial charge in [-0.15, -0.1) is 0 Å². The molecule has 0 fully saturated rings. The molecule has 0 saturated carbocycles. The fraction of sp³-hybridized carbons (Fsp3) is 0.750. The smallest absolute Gasteiger partial charge is 0.215 e. The van der Waals surface area contributed by atoms with E-state index in [1.165, 1.54) is 0 Å². The zero-order valence-electron chi connectivity index (χ0n) is 10.8. The van der Waals surface area contributed by atoms with Gasteiger partial charge in [-0.2, -0.15) is 5.10 Å². The largest absolute Gasteiger partial charge is 0.475 e. The van der Waals surface area contributed by atoms with Crippen molar-refractivity contribution >= 4 is 0 Å². The van der Waals surface area contributed by atoms with Crippen LogP contribution in [0.1, 0.15) is 26.3 Å². The van der Waals surface area contributed by atoms with E-state index in [2.05, 4.69) is 25.9 Å². The summed E-state index contributed by atoms with van der Waals surface area (Å²) in [5, 5.41) is 4.36. The number of ether oxygens (including phenoxy) is 2. The van der Waals surface area contributed by atoms with Gasteiger partial charge in [0.1, 0.15) is 12.7 Å². The van der Waals surface area contributed by atoms with Crippen LogP contribution in [0.3, 0.4) is 0 Å². The molecule has 2 N–H and O–H groups in total. The van der Waals surface area contributed by atoms with Crippen molar-refractivity contribution in [3.05, 3.63) is 11.8 Å². The molecule has 17 heavy (non-hydrogen) atoms. The Labute approximate surface area is 102 Å². The van der Waals surface area contributed by atoms with Crippen molar-refractivity contribution in [1.29, 1.82) is 0 Å². The minimum atomic E-state index is 0.0541. The second-order valence-corrected chi connectivity index (χ2v) is 5.39. The van der Waals surface area contributed by atoms with Gasteiger partial charge in [0, 0.05) is 12.1 Å². The van der Waals surface area contributed by atoms with Crippen molar-refractivity contribution < 1.29 is 9.47 Å². The van der Waals surface area contributed by atoms with Gasteiger partial charge in [-0.1, -0.05) is 20.8 Å². The third-order valence-electron chi connectivity index (χ3n) is 2.85. The molecular weight excluding hydrogens is 218 g/mol. The van der Waals surface area contributed by atoms with E-state index in [1.54, 1.807) is 0 Å². The second-order valence-electron chi connectivity index (χ2n) is 5.39. The lowest BCUT2D eigenvalue weighted by Crippen LogP contribution is -2.34. The fourth-order valence-electron chi connectivity index (χ4n) is 1.92. The molecule has 1 aromatic heterocycles. The van der Waals surface area contributed by atoms with E-state index in [0.29, 0.717) is 19.8 Å². The predicted octanol–water partition coefficient (Wildman–Crippen LogP) is 0.917. The van der Waals surface area contributed by atoms with E-state index in [-0.39, 0.29) is 11.5 Å². The molecule has 2 heterocycles. The standard InChI is InChI=1S/C12H21N3O2/c1-12(2,3)10-6-14-15-7-9(16-5-4-13)8-17-11(10)15/h6,9H,4-5,7-8,13H2,1-3H3. The van der Waals surface area contributed by atoms with Crippen LogP contribution in [-0.2, 0) is 16.7 Å². The Morgan fingerprint density at radius 2 is 2.35 bits per heavy atom. The van der Waals surface area contributed by atoms with Crippen LogP contribution in [0.5, 0.6) is 5.88 Å². The highest BCUT2D eigenvalue weighted by atomic mass is 16.5. The molecule has 1 unspecified atom stereocenters. The van der Waals surface area contributed by atoms with Gasteiger partial charge >= 0.3 is 0 Å². The molecule has 0 amide bonds. The van der Waals surface area contributed by atoms with Crippen LogP contribution in [0.2, 0.25) is 0 Å². The predicted molar refractivity (Wildman–Crippen MR) is 65.2 cm³/mol. The summed E-state index contributed by atoms with van der Waals surface area (Å²) < 4.78 is 13.2. The molecule has 96 valence electrons. The SMILES string of the molecule is CC(C)(C)c1cnn2c1OCC(OCCN)C2. The summed E-state index contributed by atoms with van der Waals surface area (Å²) in [6.45, 7) is 8.90. The van der Waals surface area contributed by atoms with Gasteiger partial charge in [-0.05, 0) is 5.41 Å². The number of rotatable bonds is 3. The number of hydrogen-bond donors (Lipinski definition) is 1. The zero-order chi connectivity index (χ0) is 12.5. The molecule has 0 saturated heterocycles. The van der Waals surface area contributed by atoms with Crippen molar-refractivity contribution in [1.82, 2.24) is 9.78 Å². The monoisotopic (exact) mass is 239 g/mol. The minimum Gasteiger partial charge on any atom is -0.475 e. The van der Waals surface area contributed by atoms with Gasteiger partial charge in [0.15, 0.2) is 0 Å². The molecule has 1 atom stereocenters. The maximum Gasteiger partial charge on any atom is 0.215 e. The molecular formula is C12H21N3O2. The van der Waals surface area contributed by atoms with Crippen LogP contribution in [0.25, 0.3) is 0 Å². The molecule has 0 radical (unpaired) electrons. The zero-order valence-corrected chi connectivity index (χ0v) is 10.8. The number of nitrogens with two attached hydrogens (primary N) is 1. The van der Waals surface area contributed by atoms with Crippen LogP contribution in [-0.4, -0.2) is 35.6 Å². The molecule has 0 aliphatic carbocycles. The third-order valence-corrected chi connectivity index (χ3v) is 2.85. The maximum atomic E-state index is 5.77. The Morgan fingerprint density at radius 3 is 3.00 bits per heavy atom. The van der Waals surface area contributed by atoms with Crippen molar-refractivity contribution in [2.45, 2.75) is 38.8 Å². The van der Waals surface area contributed by atoms with Crippen LogP contribution < -0.4 is 10.5 Å². The van der Waals surface area contributed by atoms with Crippen molar-refractivity contribution in [2.75, 3.05) is 19.8 Å². The van der Waals surface area contributed by atoms with E-state index >= 15 is 0 Å². The Kier molecular flexibility index (Phi) is 3.40. The van der Waals surface area contributed by atoms with Crippen molar-refractivity contribution in [3.8, 4) is 5.88 Å². The summed E-state index contributed by atoms with van der Waals surface area (Å²) in [5.74, 6) is 0.880. The van der Waals surface area contributed by atoms with E-state index in [1.807, 2.05) is 10.9 Å². The molecule has 0 bridgehead atoms. The van der Waals surface area contributed by atoms with E-state index < -0.39 is 0 Å². The molecule has 2 rings (SSSR count). The second kappa shape index (κ2) is 4.66. The van der Waals surface area contributed by atoms with Crippen LogP contribution >= 0.6 is 0 Å². The van der Waals surface area contributed by atoms with Gasteiger partial charge in [0.2, 0.25) is 5.88 Å². The van der Waals surface area contributed by atoms with Gasteiger partial charge < -0.3 is 15.2 Å². The lowest BCUT2D eigenvalue weighted by molar-refractivity contribution is -0.00949.